The second-order valence-electron chi connectivity index (χ2n) is 7.97. The first-order valence-electron chi connectivity index (χ1n) is 10.3. The van der Waals surface area contributed by atoms with Gasteiger partial charge in [0.05, 0.1) is 5.56 Å². The lowest BCUT2D eigenvalue weighted by Gasteiger charge is -2.25. The standard InChI is InChI=1S/C21H24F4N4OS/c1-31-29-10-7-18-16(12-29)19(27-26-18)20(30)28-8-2-3-13(6-9-28)15-11-14(22)4-5-17(15)21(23,24)25/h4-5,11,13H,2-3,6-10,12H2,1H3,(H,26,27). The molecule has 0 radical (unpaired) electrons. The summed E-state index contributed by atoms with van der Waals surface area (Å²) in [6.07, 6.45) is -0.394. The molecule has 1 fully saturated rings. The molecule has 2 aliphatic rings. The van der Waals surface area contributed by atoms with Crippen LogP contribution in [0.3, 0.4) is 0 Å². The molecule has 1 amide bonds. The minimum absolute atomic E-state index is 0.0189. The van der Waals surface area contributed by atoms with Gasteiger partial charge in [0.1, 0.15) is 5.82 Å². The van der Waals surface area contributed by atoms with E-state index in [-0.39, 0.29) is 11.5 Å². The maximum atomic E-state index is 13.8. The summed E-state index contributed by atoms with van der Waals surface area (Å²) in [4.78, 5) is 14.8. The van der Waals surface area contributed by atoms with Crippen molar-refractivity contribution in [3.63, 3.8) is 0 Å². The monoisotopic (exact) mass is 456 g/mol. The Hall–Kier alpha value is -2.07. The third-order valence-corrected chi connectivity index (χ3v) is 6.96. The average molecular weight is 457 g/mol. The molecule has 0 bridgehead atoms. The zero-order chi connectivity index (χ0) is 22.2. The normalized spacial score (nSPS) is 20.4. The minimum Gasteiger partial charge on any atom is -0.337 e. The van der Waals surface area contributed by atoms with E-state index in [9.17, 15) is 22.4 Å². The number of fused-ring (bicyclic) bond motifs is 1. The van der Waals surface area contributed by atoms with Gasteiger partial charge in [-0.25, -0.2) is 8.70 Å². The van der Waals surface area contributed by atoms with Gasteiger partial charge in [-0.15, -0.1) is 0 Å². The maximum Gasteiger partial charge on any atom is 0.416 e. The number of carbonyl (C=O) groups is 1. The fraction of sp³-hybridized carbons (Fsp3) is 0.524. The number of nitrogens with zero attached hydrogens (tertiary/aromatic N) is 3. The average Bonchev–Trinajstić information content (AvgIpc) is 2.99. The van der Waals surface area contributed by atoms with Gasteiger partial charge in [-0.05, 0) is 55.2 Å². The van der Waals surface area contributed by atoms with E-state index < -0.39 is 23.5 Å². The van der Waals surface area contributed by atoms with Gasteiger partial charge in [-0.3, -0.25) is 9.89 Å². The number of halogens is 4. The summed E-state index contributed by atoms with van der Waals surface area (Å²) in [7, 11) is 0. The van der Waals surface area contributed by atoms with Crippen LogP contribution < -0.4 is 0 Å². The zero-order valence-electron chi connectivity index (χ0n) is 17.1. The van der Waals surface area contributed by atoms with Crippen LogP contribution in [0.25, 0.3) is 0 Å². The molecule has 0 saturated carbocycles. The Morgan fingerprint density at radius 1 is 1.23 bits per heavy atom. The molecule has 5 nitrogen and oxygen atoms in total. The Morgan fingerprint density at radius 3 is 2.77 bits per heavy atom. The number of benzene rings is 1. The van der Waals surface area contributed by atoms with Crippen LogP contribution in [0.4, 0.5) is 17.6 Å². The topological polar surface area (TPSA) is 52.2 Å². The van der Waals surface area contributed by atoms with Crippen molar-refractivity contribution in [1.82, 2.24) is 19.4 Å². The van der Waals surface area contributed by atoms with E-state index in [1.54, 1.807) is 16.8 Å². The smallest absolute Gasteiger partial charge is 0.337 e. The molecule has 2 aromatic rings. The van der Waals surface area contributed by atoms with Crippen molar-refractivity contribution < 1.29 is 22.4 Å². The van der Waals surface area contributed by atoms with Gasteiger partial charge in [0.25, 0.3) is 5.91 Å². The highest BCUT2D eigenvalue weighted by Crippen LogP contribution is 2.39. The Balaban J connectivity index is 1.52. The van der Waals surface area contributed by atoms with Gasteiger partial charge in [0.2, 0.25) is 0 Å². The van der Waals surface area contributed by atoms with E-state index in [2.05, 4.69) is 14.5 Å². The maximum absolute atomic E-state index is 13.8. The van der Waals surface area contributed by atoms with Crippen LogP contribution in [0.2, 0.25) is 0 Å². The van der Waals surface area contributed by atoms with Crippen LogP contribution in [0.15, 0.2) is 18.2 Å². The van der Waals surface area contributed by atoms with Crippen LogP contribution in [0, 0.1) is 5.82 Å². The summed E-state index contributed by atoms with van der Waals surface area (Å²) >= 11 is 1.62. The number of hydrogen-bond donors (Lipinski definition) is 1. The predicted octanol–water partition coefficient (Wildman–Crippen LogP) is 4.61. The van der Waals surface area contributed by atoms with Crippen molar-refractivity contribution in [3.8, 4) is 0 Å². The zero-order valence-corrected chi connectivity index (χ0v) is 18.0. The van der Waals surface area contributed by atoms with Crippen molar-refractivity contribution in [1.29, 1.82) is 0 Å². The second-order valence-corrected chi connectivity index (χ2v) is 8.86. The van der Waals surface area contributed by atoms with Crippen molar-refractivity contribution >= 4 is 17.9 Å². The molecule has 0 spiro atoms. The van der Waals surface area contributed by atoms with Gasteiger partial charge in [0.15, 0.2) is 5.69 Å². The first-order valence-corrected chi connectivity index (χ1v) is 11.5. The largest absolute Gasteiger partial charge is 0.416 e. The van der Waals surface area contributed by atoms with Gasteiger partial charge in [-0.1, -0.05) is 11.9 Å². The lowest BCUT2D eigenvalue weighted by molar-refractivity contribution is -0.138. The Bertz CT molecular complexity index is 961. The molecule has 10 heteroatoms. The molecule has 1 unspecified atom stereocenters. The fourth-order valence-corrected chi connectivity index (χ4v) is 5.02. The highest BCUT2D eigenvalue weighted by atomic mass is 32.2. The number of likely N-dealkylation sites (tertiary alicyclic amines) is 1. The van der Waals surface area contributed by atoms with E-state index >= 15 is 0 Å². The number of aromatic nitrogens is 2. The lowest BCUT2D eigenvalue weighted by atomic mass is 9.88. The second kappa shape index (κ2) is 8.82. The number of alkyl halides is 3. The van der Waals surface area contributed by atoms with Crippen molar-refractivity contribution in [2.45, 2.75) is 44.3 Å². The number of rotatable bonds is 3. The molecule has 1 saturated heterocycles. The van der Waals surface area contributed by atoms with Gasteiger partial charge in [-0.2, -0.15) is 18.3 Å². The van der Waals surface area contributed by atoms with Gasteiger partial charge >= 0.3 is 6.18 Å². The van der Waals surface area contributed by atoms with E-state index in [1.807, 2.05) is 6.26 Å². The van der Waals surface area contributed by atoms with E-state index in [0.717, 1.165) is 42.4 Å². The fourth-order valence-electron chi connectivity index (χ4n) is 4.49. The first kappa shape index (κ1) is 22.1. The van der Waals surface area contributed by atoms with Crippen LogP contribution in [-0.4, -0.2) is 51.2 Å². The first-order chi connectivity index (χ1) is 14.8. The molecule has 0 aliphatic carbocycles. The van der Waals surface area contributed by atoms with Gasteiger partial charge in [0, 0.05) is 43.9 Å². The quantitative estimate of drug-likeness (QED) is 0.541. The predicted molar refractivity (Wildman–Crippen MR) is 110 cm³/mol. The summed E-state index contributed by atoms with van der Waals surface area (Å²) in [5.41, 5.74) is 1.45. The summed E-state index contributed by atoms with van der Waals surface area (Å²) in [5, 5.41) is 7.23. The Kier molecular flexibility index (Phi) is 6.30. The molecular formula is C21H24F4N4OS. The molecule has 1 N–H and O–H groups in total. The van der Waals surface area contributed by atoms with E-state index in [0.29, 0.717) is 44.6 Å². The molecule has 3 heterocycles. The van der Waals surface area contributed by atoms with E-state index in [1.165, 1.54) is 0 Å². The number of amides is 1. The number of H-pyrrole nitrogens is 1. The third-order valence-electron chi connectivity index (χ3n) is 6.13. The molecular weight excluding hydrogens is 432 g/mol. The van der Waals surface area contributed by atoms with Crippen LogP contribution in [-0.2, 0) is 19.1 Å². The van der Waals surface area contributed by atoms with Crippen LogP contribution >= 0.6 is 11.9 Å². The van der Waals surface area contributed by atoms with Crippen molar-refractivity contribution in [2.24, 2.45) is 0 Å². The van der Waals surface area contributed by atoms with Crippen molar-refractivity contribution in [2.75, 3.05) is 25.9 Å². The summed E-state index contributed by atoms with van der Waals surface area (Å²) < 4.78 is 56.2. The Morgan fingerprint density at radius 2 is 2.03 bits per heavy atom. The number of nitrogens with one attached hydrogen (secondary N) is 1. The molecule has 2 aliphatic heterocycles. The molecule has 168 valence electrons. The van der Waals surface area contributed by atoms with Crippen LogP contribution in [0.1, 0.15) is 58.1 Å². The van der Waals surface area contributed by atoms with E-state index in [4.69, 9.17) is 0 Å². The Labute approximate surface area is 182 Å². The van der Waals surface area contributed by atoms with Crippen LogP contribution in [0.5, 0.6) is 0 Å². The summed E-state index contributed by atoms with van der Waals surface area (Å²) in [6, 6.07) is 2.65. The molecule has 1 aromatic carbocycles. The highest BCUT2D eigenvalue weighted by Gasteiger charge is 2.36. The number of carbonyl (C=O) groups excluding carboxylic acids is 1. The molecule has 1 atom stereocenters. The molecule has 4 rings (SSSR count). The number of aromatic amines is 1. The number of hydrogen-bond acceptors (Lipinski definition) is 4. The lowest BCUT2D eigenvalue weighted by Crippen LogP contribution is -2.34. The summed E-state index contributed by atoms with van der Waals surface area (Å²) in [6.45, 7) is 2.26. The third kappa shape index (κ3) is 4.59. The SMILES string of the molecule is CSN1CCc2[nH]nc(C(=O)N3CCCC(c4cc(F)ccc4C(F)(F)F)CC3)c2C1. The minimum atomic E-state index is -4.54. The molecule has 31 heavy (non-hydrogen) atoms. The van der Waals surface area contributed by atoms with Crippen molar-refractivity contribution in [3.05, 3.63) is 52.1 Å². The molecule has 1 aromatic heterocycles. The van der Waals surface area contributed by atoms with Gasteiger partial charge < -0.3 is 4.90 Å². The highest BCUT2D eigenvalue weighted by molar-refractivity contribution is 7.96. The summed E-state index contributed by atoms with van der Waals surface area (Å²) in [5.74, 6) is -1.33.